The standard InChI is InChI=1S/C6H6.C6H5.C5H7.CH4.H2/c2*1-2-4-6-5-3-1;1-3-5-4-2;;/h1-6H;1-5H;3-4H,1H2,2H3;1H4;1H/q;2*+1;;. The zero-order chi connectivity index (χ0) is 12.6. The lowest BCUT2D eigenvalue weighted by atomic mass is 10.3. The Morgan fingerprint density at radius 3 is 1.67 bits per heavy atom. The molecule has 0 amide bonds. The molecule has 1 aliphatic carbocycles. The van der Waals surface area contributed by atoms with Gasteiger partial charge in [-0.3, -0.25) is 0 Å². The van der Waals surface area contributed by atoms with Crippen LogP contribution in [-0.4, -0.2) is 0 Å². The summed E-state index contributed by atoms with van der Waals surface area (Å²) in [5.74, 6) is 0. The third-order valence-electron chi connectivity index (χ3n) is 1.56. The molecule has 0 spiro atoms. The van der Waals surface area contributed by atoms with Gasteiger partial charge in [0, 0.05) is 32.3 Å². The SMILES string of the molecule is C.C=C[C+]=CC.[C+]1=CC=CC=C1.[HH].c1ccccc1. The smallest absolute Gasteiger partial charge is 0.0776 e. The quantitative estimate of drug-likeness (QED) is 0.443. The Morgan fingerprint density at radius 2 is 1.56 bits per heavy atom. The zero-order valence-corrected chi connectivity index (χ0v) is 10.2. The van der Waals surface area contributed by atoms with E-state index < -0.39 is 0 Å². The molecule has 0 heterocycles. The molecule has 0 radical (unpaired) electrons. The highest BCUT2D eigenvalue weighted by Gasteiger charge is 1.78. The maximum atomic E-state index is 3.41. The second kappa shape index (κ2) is 17.1. The van der Waals surface area contributed by atoms with Crippen LogP contribution < -0.4 is 0 Å². The van der Waals surface area contributed by atoms with Gasteiger partial charge in [0.15, 0.2) is 6.08 Å². The van der Waals surface area contributed by atoms with Crippen LogP contribution in [0.4, 0.5) is 0 Å². The zero-order valence-electron chi connectivity index (χ0n) is 10.2. The van der Waals surface area contributed by atoms with E-state index in [1.807, 2.05) is 79.8 Å². The first kappa shape index (κ1) is 18.1. The topological polar surface area (TPSA) is 0 Å². The van der Waals surface area contributed by atoms with Crippen molar-refractivity contribution < 1.29 is 1.43 Å². The van der Waals surface area contributed by atoms with Crippen LogP contribution in [0, 0.1) is 12.2 Å². The minimum atomic E-state index is 0. The largest absolute Gasteiger partial charge is 0.152 e. The van der Waals surface area contributed by atoms with Gasteiger partial charge in [0.1, 0.15) is 12.2 Å². The first-order valence-corrected chi connectivity index (χ1v) is 5.47. The van der Waals surface area contributed by atoms with E-state index in [1.54, 1.807) is 6.08 Å². The summed E-state index contributed by atoms with van der Waals surface area (Å²) in [5, 5.41) is 0. The van der Waals surface area contributed by atoms with E-state index in [0.717, 1.165) is 0 Å². The van der Waals surface area contributed by atoms with Crippen LogP contribution >= 0.6 is 0 Å². The fourth-order valence-corrected chi connectivity index (χ4v) is 0.845. The maximum absolute atomic E-state index is 3.41. The molecule has 2 rings (SSSR count). The van der Waals surface area contributed by atoms with Crippen molar-refractivity contribution in [2.75, 3.05) is 0 Å². The fraction of sp³-hybridized carbons (Fsp3) is 0.111. The summed E-state index contributed by atoms with van der Waals surface area (Å²) in [4.78, 5) is 0. The molecule has 0 saturated heterocycles. The first-order valence-electron chi connectivity index (χ1n) is 5.47. The Morgan fingerprint density at radius 1 is 1.00 bits per heavy atom. The molecule has 0 unspecified atom stereocenters. The van der Waals surface area contributed by atoms with Crippen molar-refractivity contribution in [2.24, 2.45) is 0 Å². The van der Waals surface area contributed by atoms with E-state index in [4.69, 9.17) is 0 Å². The van der Waals surface area contributed by atoms with Crippen LogP contribution in [-0.2, 0) is 0 Å². The molecule has 0 fully saturated rings. The molecule has 1 aliphatic rings. The summed E-state index contributed by atoms with van der Waals surface area (Å²) in [6, 6.07) is 12.0. The second-order valence-electron chi connectivity index (χ2n) is 2.89. The summed E-state index contributed by atoms with van der Waals surface area (Å²) in [6.45, 7) is 5.31. The van der Waals surface area contributed by atoms with Crippen LogP contribution in [0.2, 0.25) is 0 Å². The molecular formula is C18H24+2. The predicted molar refractivity (Wildman–Crippen MR) is 85.1 cm³/mol. The Bertz CT molecular complexity index is 307. The lowest BCUT2D eigenvalue weighted by molar-refractivity contribution is 1.70. The lowest BCUT2D eigenvalue weighted by Crippen LogP contribution is -1.56. The normalized spacial score (nSPS) is 9.61. The Kier molecular flexibility index (Phi) is 17.3. The van der Waals surface area contributed by atoms with E-state index >= 15 is 0 Å². The number of hydrogen-bond donors (Lipinski definition) is 0. The van der Waals surface area contributed by atoms with Crippen molar-refractivity contribution in [3.8, 4) is 0 Å². The predicted octanol–water partition coefficient (Wildman–Crippen LogP) is 5.59. The van der Waals surface area contributed by atoms with Gasteiger partial charge in [-0.2, -0.15) is 0 Å². The van der Waals surface area contributed by atoms with Crippen molar-refractivity contribution in [1.29, 1.82) is 0 Å². The van der Waals surface area contributed by atoms with Crippen molar-refractivity contribution in [2.45, 2.75) is 14.4 Å². The molecule has 0 aliphatic heterocycles. The van der Waals surface area contributed by atoms with Gasteiger partial charge in [-0.1, -0.05) is 43.8 Å². The average Bonchev–Trinajstić information content (AvgIpc) is 2.45. The summed E-state index contributed by atoms with van der Waals surface area (Å²) < 4.78 is 0. The van der Waals surface area contributed by atoms with E-state index in [9.17, 15) is 0 Å². The van der Waals surface area contributed by atoms with E-state index in [-0.39, 0.29) is 8.85 Å². The molecule has 0 heteroatoms. The first-order chi connectivity index (χ1) is 8.41. The Balaban J connectivity index is -0.000000193. The lowest BCUT2D eigenvalue weighted by Gasteiger charge is -1.69. The molecule has 0 saturated carbocycles. The van der Waals surface area contributed by atoms with Crippen molar-refractivity contribution in [3.05, 3.63) is 97.7 Å². The number of allylic oxidation sites excluding steroid dienone is 9. The van der Waals surface area contributed by atoms with Crippen molar-refractivity contribution in [1.82, 2.24) is 0 Å². The van der Waals surface area contributed by atoms with E-state index in [0.29, 0.717) is 0 Å². The van der Waals surface area contributed by atoms with Gasteiger partial charge < -0.3 is 0 Å². The van der Waals surface area contributed by atoms with Crippen LogP contribution in [0.1, 0.15) is 15.8 Å². The van der Waals surface area contributed by atoms with E-state index in [1.165, 1.54) is 0 Å². The molecule has 94 valence electrons. The molecule has 1 aromatic carbocycles. The third kappa shape index (κ3) is 16.2. The average molecular weight is 240 g/mol. The molecule has 0 atom stereocenters. The number of hydrogen-bond acceptors (Lipinski definition) is 0. The summed E-state index contributed by atoms with van der Waals surface area (Å²) in [7, 11) is 0. The van der Waals surface area contributed by atoms with Gasteiger partial charge in [0.25, 0.3) is 0 Å². The summed E-state index contributed by atoms with van der Waals surface area (Å²) in [6.07, 6.45) is 18.7. The van der Waals surface area contributed by atoms with Crippen molar-refractivity contribution >= 4 is 0 Å². The van der Waals surface area contributed by atoms with Crippen LogP contribution in [0.3, 0.4) is 0 Å². The summed E-state index contributed by atoms with van der Waals surface area (Å²) in [5.41, 5.74) is 0. The third-order valence-corrected chi connectivity index (χ3v) is 1.56. The molecule has 1 aromatic rings. The second-order valence-corrected chi connectivity index (χ2v) is 2.89. The molecule has 0 aromatic heterocycles. The number of benzene rings is 1. The van der Waals surface area contributed by atoms with Gasteiger partial charge in [-0.25, -0.2) is 0 Å². The minimum Gasteiger partial charge on any atom is -0.0776 e. The van der Waals surface area contributed by atoms with Crippen LogP contribution in [0.5, 0.6) is 0 Å². The molecule has 0 nitrogen and oxygen atoms in total. The molecular weight excluding hydrogens is 216 g/mol. The fourth-order valence-electron chi connectivity index (χ4n) is 0.845. The monoisotopic (exact) mass is 240 g/mol. The summed E-state index contributed by atoms with van der Waals surface area (Å²) >= 11 is 0. The number of rotatable bonds is 1. The van der Waals surface area contributed by atoms with Gasteiger partial charge in [-0.15, -0.1) is 0 Å². The van der Waals surface area contributed by atoms with Crippen LogP contribution in [0.25, 0.3) is 0 Å². The van der Waals surface area contributed by atoms with Crippen molar-refractivity contribution in [3.63, 3.8) is 0 Å². The van der Waals surface area contributed by atoms with Gasteiger partial charge in [-0.05, 0) is 6.92 Å². The van der Waals surface area contributed by atoms with Gasteiger partial charge in [0.2, 0.25) is 0 Å². The Hall–Kier alpha value is -2.26. The molecule has 0 N–H and O–H groups in total. The highest BCUT2D eigenvalue weighted by molar-refractivity contribution is 5.18. The van der Waals surface area contributed by atoms with Gasteiger partial charge in [0.05, 0.1) is 12.2 Å². The molecule has 0 bridgehead atoms. The van der Waals surface area contributed by atoms with E-state index in [2.05, 4.69) is 18.7 Å². The minimum absolute atomic E-state index is 0. The molecule has 18 heavy (non-hydrogen) atoms. The van der Waals surface area contributed by atoms with Crippen LogP contribution in [0.15, 0.2) is 85.5 Å². The maximum Gasteiger partial charge on any atom is 0.152 e. The highest BCUT2D eigenvalue weighted by atomic mass is 13.7. The van der Waals surface area contributed by atoms with Gasteiger partial charge >= 0.3 is 0 Å². The Labute approximate surface area is 114 Å². The highest BCUT2D eigenvalue weighted by Crippen LogP contribution is 1.85.